The highest BCUT2D eigenvalue weighted by molar-refractivity contribution is 5.83. The Kier molecular flexibility index (Phi) is 6.70. The van der Waals surface area contributed by atoms with Gasteiger partial charge < -0.3 is 4.74 Å². The molecule has 5 heteroatoms. The topological polar surface area (TPSA) is 55.8 Å². The lowest BCUT2D eigenvalue weighted by molar-refractivity contribution is -0.237. The second-order valence-electron chi connectivity index (χ2n) is 7.55. The van der Waals surface area contributed by atoms with Crippen LogP contribution in [0.3, 0.4) is 0 Å². The number of rotatable bonds is 7. The number of ether oxygens (including phenoxy) is 1. The minimum absolute atomic E-state index is 0.193. The summed E-state index contributed by atoms with van der Waals surface area (Å²) in [5.41, 5.74) is 3.19. The fourth-order valence-corrected chi connectivity index (χ4v) is 3.94. The third kappa shape index (κ3) is 4.67. The van der Waals surface area contributed by atoms with Gasteiger partial charge in [0, 0.05) is 7.05 Å². The summed E-state index contributed by atoms with van der Waals surface area (Å²) < 4.78 is 5.22. The van der Waals surface area contributed by atoms with E-state index in [-0.39, 0.29) is 18.3 Å². The molecule has 2 aromatic rings. The van der Waals surface area contributed by atoms with Gasteiger partial charge in [-0.3, -0.25) is 9.63 Å². The molecule has 0 aliphatic heterocycles. The predicted molar refractivity (Wildman–Crippen MR) is 112 cm³/mol. The molecule has 0 N–H and O–H groups in total. The number of amides is 1. The van der Waals surface area contributed by atoms with Crippen LogP contribution in [0.25, 0.3) is 11.1 Å². The number of nitrogens with zero attached hydrogens (tertiary/aromatic N) is 1. The average molecular weight is 395 g/mol. The van der Waals surface area contributed by atoms with Gasteiger partial charge in [0.25, 0.3) is 0 Å². The number of esters is 1. The van der Waals surface area contributed by atoms with Crippen LogP contribution in [-0.4, -0.2) is 36.2 Å². The molecular formula is C24H29NO4. The first-order valence-electron chi connectivity index (χ1n) is 10.2. The lowest BCUT2D eigenvalue weighted by Gasteiger charge is -2.31. The number of hydroxylamine groups is 2. The van der Waals surface area contributed by atoms with Crippen LogP contribution in [0.5, 0.6) is 0 Å². The first kappa shape index (κ1) is 21.1. The number of aryl methyl sites for hydroxylation is 1. The van der Waals surface area contributed by atoms with Gasteiger partial charge in [-0.25, -0.2) is 9.86 Å². The van der Waals surface area contributed by atoms with Crippen molar-refractivity contribution in [3.63, 3.8) is 0 Å². The summed E-state index contributed by atoms with van der Waals surface area (Å²) in [4.78, 5) is 31.3. The van der Waals surface area contributed by atoms with Gasteiger partial charge in [0.15, 0.2) is 5.60 Å². The minimum Gasteiger partial charge on any atom is -0.464 e. The first-order chi connectivity index (χ1) is 14.0. The third-order valence-corrected chi connectivity index (χ3v) is 5.52. The van der Waals surface area contributed by atoms with Crippen LogP contribution >= 0.6 is 0 Å². The van der Waals surface area contributed by atoms with Crippen molar-refractivity contribution in [2.75, 3.05) is 13.7 Å². The number of likely N-dealkylation sites (N-methyl/N-ethyl adjacent to an activating group) is 1. The molecule has 154 valence electrons. The van der Waals surface area contributed by atoms with Crippen molar-refractivity contribution in [1.82, 2.24) is 5.06 Å². The molecule has 0 unspecified atom stereocenters. The Morgan fingerprint density at radius 3 is 2.28 bits per heavy atom. The molecule has 1 aliphatic carbocycles. The summed E-state index contributed by atoms with van der Waals surface area (Å²) in [5.74, 6) is -0.570. The van der Waals surface area contributed by atoms with Crippen LogP contribution in [-0.2, 0) is 25.6 Å². The minimum atomic E-state index is -1.05. The van der Waals surface area contributed by atoms with E-state index < -0.39 is 5.60 Å². The zero-order valence-corrected chi connectivity index (χ0v) is 17.4. The Bertz CT molecular complexity index is 871. The van der Waals surface area contributed by atoms with Gasteiger partial charge in [-0.2, -0.15) is 0 Å². The van der Waals surface area contributed by atoms with Crippen molar-refractivity contribution in [2.45, 2.75) is 51.6 Å². The molecular weight excluding hydrogens is 366 g/mol. The van der Waals surface area contributed by atoms with E-state index in [1.165, 1.54) is 5.06 Å². The van der Waals surface area contributed by atoms with Crippen molar-refractivity contribution >= 4 is 11.9 Å². The third-order valence-electron chi connectivity index (χ3n) is 5.52. The van der Waals surface area contributed by atoms with Gasteiger partial charge in [0.2, 0.25) is 5.91 Å². The van der Waals surface area contributed by atoms with Crippen molar-refractivity contribution < 1.29 is 19.2 Å². The van der Waals surface area contributed by atoms with Crippen molar-refractivity contribution in [3.05, 3.63) is 59.7 Å². The fraction of sp³-hybridized carbons (Fsp3) is 0.417. The van der Waals surface area contributed by atoms with Gasteiger partial charge in [0.1, 0.15) is 0 Å². The Hall–Kier alpha value is -2.66. The molecule has 0 saturated heterocycles. The summed E-state index contributed by atoms with van der Waals surface area (Å²) in [6, 6.07) is 16.0. The van der Waals surface area contributed by atoms with E-state index in [1.54, 1.807) is 14.0 Å². The van der Waals surface area contributed by atoms with Gasteiger partial charge in [-0.05, 0) is 61.8 Å². The van der Waals surface area contributed by atoms with Crippen molar-refractivity contribution in [3.8, 4) is 11.1 Å². The highest BCUT2D eigenvalue weighted by Gasteiger charge is 2.46. The predicted octanol–water partition coefficient (Wildman–Crippen LogP) is 4.47. The number of carbonyl (C=O) groups is 2. The molecule has 0 aromatic heterocycles. The van der Waals surface area contributed by atoms with Gasteiger partial charge in [-0.15, -0.1) is 0 Å². The quantitative estimate of drug-likeness (QED) is 0.513. The Morgan fingerprint density at radius 2 is 1.62 bits per heavy atom. The highest BCUT2D eigenvalue weighted by atomic mass is 16.7. The molecule has 29 heavy (non-hydrogen) atoms. The normalized spacial score (nSPS) is 15.1. The van der Waals surface area contributed by atoms with E-state index in [9.17, 15) is 9.59 Å². The van der Waals surface area contributed by atoms with Crippen LogP contribution in [0.4, 0.5) is 0 Å². The maximum atomic E-state index is 12.9. The van der Waals surface area contributed by atoms with E-state index >= 15 is 0 Å². The maximum absolute atomic E-state index is 12.9. The second kappa shape index (κ2) is 9.23. The van der Waals surface area contributed by atoms with E-state index in [1.807, 2.05) is 36.4 Å². The van der Waals surface area contributed by atoms with E-state index in [4.69, 9.17) is 9.57 Å². The molecule has 2 aromatic carbocycles. The molecule has 5 nitrogen and oxygen atoms in total. The lowest BCUT2D eigenvalue weighted by atomic mass is 9.94. The van der Waals surface area contributed by atoms with E-state index in [0.717, 1.165) is 35.1 Å². The Labute approximate surface area is 172 Å². The van der Waals surface area contributed by atoms with Crippen LogP contribution in [0.1, 0.15) is 43.7 Å². The molecule has 1 amide bonds. The number of carbonyl (C=O) groups excluding carboxylic acids is 2. The molecule has 0 radical (unpaired) electrons. The van der Waals surface area contributed by atoms with Gasteiger partial charge >= 0.3 is 5.97 Å². The summed E-state index contributed by atoms with van der Waals surface area (Å²) in [6.45, 7) is 4.13. The molecule has 0 spiro atoms. The van der Waals surface area contributed by atoms with Crippen molar-refractivity contribution in [1.29, 1.82) is 0 Å². The molecule has 1 aliphatic rings. The summed E-state index contributed by atoms with van der Waals surface area (Å²) in [5, 5.41) is 1.22. The van der Waals surface area contributed by atoms with Crippen LogP contribution in [0, 0.1) is 6.92 Å². The molecule has 0 atom stereocenters. The van der Waals surface area contributed by atoms with Gasteiger partial charge in [-0.1, -0.05) is 48.5 Å². The molecule has 0 bridgehead atoms. The standard InChI is InChI=1S/C24H29NO4/c1-4-28-23(27)24(15-9-10-16-24)29-25(3)22(26)17-19-12-6-8-14-21(19)20-13-7-5-11-18(20)2/h5-8,11-14H,4,9-10,15-17H2,1-3H3. The Morgan fingerprint density at radius 1 is 1.00 bits per heavy atom. The largest absolute Gasteiger partial charge is 0.464 e. The summed E-state index contributed by atoms with van der Waals surface area (Å²) >= 11 is 0. The molecule has 1 saturated carbocycles. The highest BCUT2D eigenvalue weighted by Crippen LogP contribution is 2.35. The van der Waals surface area contributed by atoms with Gasteiger partial charge in [0.05, 0.1) is 13.0 Å². The average Bonchev–Trinajstić information content (AvgIpc) is 3.19. The number of hydrogen-bond donors (Lipinski definition) is 0. The number of benzene rings is 2. The molecule has 3 rings (SSSR count). The number of hydrogen-bond acceptors (Lipinski definition) is 4. The van der Waals surface area contributed by atoms with Crippen LogP contribution in [0.15, 0.2) is 48.5 Å². The second-order valence-corrected chi connectivity index (χ2v) is 7.55. The maximum Gasteiger partial charge on any atom is 0.341 e. The molecule has 0 heterocycles. The zero-order valence-electron chi connectivity index (χ0n) is 17.4. The van der Waals surface area contributed by atoms with Crippen molar-refractivity contribution in [2.24, 2.45) is 0 Å². The van der Waals surface area contributed by atoms with Crippen LogP contribution < -0.4 is 0 Å². The summed E-state index contributed by atoms with van der Waals surface area (Å²) in [7, 11) is 1.58. The first-order valence-corrected chi connectivity index (χ1v) is 10.2. The monoisotopic (exact) mass is 395 g/mol. The summed E-state index contributed by atoms with van der Waals surface area (Å²) in [6.07, 6.45) is 3.11. The fourth-order valence-electron chi connectivity index (χ4n) is 3.94. The van der Waals surface area contributed by atoms with E-state index in [2.05, 4.69) is 19.1 Å². The zero-order chi connectivity index (χ0) is 20.9. The lowest BCUT2D eigenvalue weighted by Crippen LogP contribution is -2.46. The van der Waals surface area contributed by atoms with Crippen LogP contribution in [0.2, 0.25) is 0 Å². The van der Waals surface area contributed by atoms with E-state index in [0.29, 0.717) is 19.4 Å². The smallest absolute Gasteiger partial charge is 0.341 e. The molecule has 1 fully saturated rings. The Balaban J connectivity index is 1.77. The SMILES string of the molecule is CCOC(=O)C1(ON(C)C(=O)Cc2ccccc2-c2ccccc2C)CCCC1.